The first-order valence-corrected chi connectivity index (χ1v) is 7.92. The smallest absolute Gasteiger partial charge is 0.170 e. The summed E-state index contributed by atoms with van der Waals surface area (Å²) in [7, 11) is 0. The monoisotopic (exact) mass is 308 g/mol. The minimum atomic E-state index is 0.129. The number of oxime groups is 1. The zero-order valence-electron chi connectivity index (χ0n) is 11.3. The van der Waals surface area contributed by atoms with Gasteiger partial charge in [0.05, 0.1) is 0 Å². The number of hydrogen-bond donors (Lipinski definition) is 2. The molecular weight excluding hydrogens is 292 g/mol. The summed E-state index contributed by atoms with van der Waals surface area (Å²) in [6.07, 6.45) is 0.866. The first-order valence-electron chi connectivity index (χ1n) is 6.16. The van der Waals surface area contributed by atoms with Gasteiger partial charge >= 0.3 is 0 Å². The summed E-state index contributed by atoms with van der Waals surface area (Å²) in [5.74, 6) is 1.86. The van der Waals surface area contributed by atoms with Crippen molar-refractivity contribution < 1.29 is 5.21 Å². The van der Waals surface area contributed by atoms with E-state index >= 15 is 0 Å². The maximum Gasteiger partial charge on any atom is 0.170 e. The van der Waals surface area contributed by atoms with Gasteiger partial charge in [-0.2, -0.15) is 4.37 Å². The molecule has 0 saturated heterocycles. The Bertz CT molecular complexity index is 625. The van der Waals surface area contributed by atoms with E-state index in [0.29, 0.717) is 0 Å². The molecule has 0 aliphatic rings. The van der Waals surface area contributed by atoms with Crippen LogP contribution in [0.5, 0.6) is 0 Å². The van der Waals surface area contributed by atoms with Crippen LogP contribution in [0.25, 0.3) is 0 Å². The van der Waals surface area contributed by atoms with Gasteiger partial charge in [0.15, 0.2) is 10.2 Å². The van der Waals surface area contributed by atoms with Crippen LogP contribution in [0.1, 0.15) is 29.4 Å². The van der Waals surface area contributed by atoms with Crippen molar-refractivity contribution in [2.75, 3.05) is 0 Å². The van der Waals surface area contributed by atoms with E-state index < -0.39 is 0 Å². The second kappa shape index (κ2) is 6.71. The molecule has 1 heterocycles. The van der Waals surface area contributed by atoms with Gasteiger partial charge < -0.3 is 10.9 Å². The number of amidine groups is 1. The predicted molar refractivity (Wildman–Crippen MR) is 82.5 cm³/mol. The summed E-state index contributed by atoms with van der Waals surface area (Å²) < 4.78 is 5.26. The molecule has 2 aromatic rings. The maximum absolute atomic E-state index is 8.67. The molecule has 1 aromatic heterocycles. The Labute approximate surface area is 126 Å². The molecule has 0 aliphatic carbocycles. The average molecular weight is 308 g/mol. The highest BCUT2D eigenvalue weighted by Gasteiger charge is 2.07. The van der Waals surface area contributed by atoms with Crippen molar-refractivity contribution in [3.8, 4) is 0 Å². The van der Waals surface area contributed by atoms with Crippen molar-refractivity contribution in [1.29, 1.82) is 0 Å². The van der Waals surface area contributed by atoms with Gasteiger partial charge in [-0.05, 0) is 35.6 Å². The predicted octanol–water partition coefficient (Wildman–Crippen LogP) is 2.80. The van der Waals surface area contributed by atoms with E-state index in [1.807, 2.05) is 32.0 Å². The number of benzene rings is 1. The molecule has 0 fully saturated rings. The van der Waals surface area contributed by atoms with Crippen LogP contribution in [0.15, 0.2) is 27.7 Å². The quantitative estimate of drug-likeness (QED) is 0.292. The third-order valence-electron chi connectivity index (χ3n) is 2.86. The number of nitrogens with two attached hydrogens (primary N) is 1. The SMILES string of the molecule is CCc1nsc(SCc2ccc(/C(N)=N/O)cc2C)n1. The highest BCUT2D eigenvalue weighted by molar-refractivity contribution is 8.00. The Kier molecular flexibility index (Phi) is 4.97. The molecule has 0 unspecified atom stereocenters. The molecule has 0 saturated carbocycles. The highest BCUT2D eigenvalue weighted by Crippen LogP contribution is 2.26. The van der Waals surface area contributed by atoms with Crippen LogP contribution in [0.3, 0.4) is 0 Å². The van der Waals surface area contributed by atoms with Crippen LogP contribution in [0.4, 0.5) is 0 Å². The second-order valence-corrected chi connectivity index (χ2v) is 6.22. The van der Waals surface area contributed by atoms with E-state index in [-0.39, 0.29) is 5.84 Å². The molecule has 0 spiro atoms. The Morgan fingerprint density at radius 1 is 1.50 bits per heavy atom. The number of aromatic nitrogens is 2. The minimum absolute atomic E-state index is 0.129. The van der Waals surface area contributed by atoms with E-state index in [1.165, 1.54) is 17.1 Å². The molecule has 7 heteroatoms. The Morgan fingerprint density at radius 3 is 2.90 bits per heavy atom. The van der Waals surface area contributed by atoms with E-state index in [2.05, 4.69) is 14.5 Å². The summed E-state index contributed by atoms with van der Waals surface area (Å²) in [6, 6.07) is 5.77. The third kappa shape index (κ3) is 3.49. The molecular formula is C13H16N4OS2. The fourth-order valence-electron chi connectivity index (χ4n) is 1.65. The van der Waals surface area contributed by atoms with Crippen molar-refractivity contribution in [2.24, 2.45) is 10.9 Å². The van der Waals surface area contributed by atoms with Gasteiger partial charge in [-0.3, -0.25) is 0 Å². The first kappa shape index (κ1) is 14.8. The van der Waals surface area contributed by atoms with E-state index in [0.717, 1.165) is 33.5 Å². The van der Waals surface area contributed by atoms with Crippen molar-refractivity contribution in [2.45, 2.75) is 30.4 Å². The average Bonchev–Trinajstić information content (AvgIpc) is 2.93. The molecule has 106 valence electrons. The molecule has 3 N–H and O–H groups in total. The largest absolute Gasteiger partial charge is 0.409 e. The van der Waals surface area contributed by atoms with Crippen molar-refractivity contribution >= 4 is 29.1 Å². The van der Waals surface area contributed by atoms with Crippen LogP contribution >= 0.6 is 23.3 Å². The number of aryl methyl sites for hydroxylation is 2. The van der Waals surface area contributed by atoms with E-state index in [9.17, 15) is 0 Å². The van der Waals surface area contributed by atoms with Gasteiger partial charge in [0, 0.05) is 17.7 Å². The molecule has 0 amide bonds. The molecule has 0 bridgehead atoms. The molecule has 5 nitrogen and oxygen atoms in total. The lowest BCUT2D eigenvalue weighted by Crippen LogP contribution is -2.13. The molecule has 2 rings (SSSR count). The number of hydrogen-bond acceptors (Lipinski definition) is 6. The Morgan fingerprint density at radius 2 is 2.30 bits per heavy atom. The molecule has 20 heavy (non-hydrogen) atoms. The lowest BCUT2D eigenvalue weighted by molar-refractivity contribution is 0.318. The van der Waals surface area contributed by atoms with Crippen LogP contribution in [-0.4, -0.2) is 20.4 Å². The van der Waals surface area contributed by atoms with Gasteiger partial charge in [-0.25, -0.2) is 4.98 Å². The second-order valence-electron chi connectivity index (χ2n) is 4.25. The summed E-state index contributed by atoms with van der Waals surface area (Å²) in [6.45, 7) is 4.06. The third-order valence-corrected chi connectivity index (χ3v) is 4.78. The van der Waals surface area contributed by atoms with Gasteiger partial charge in [0.2, 0.25) is 0 Å². The summed E-state index contributed by atoms with van der Waals surface area (Å²) >= 11 is 3.12. The summed E-state index contributed by atoms with van der Waals surface area (Å²) in [4.78, 5) is 4.43. The van der Waals surface area contributed by atoms with Crippen molar-refractivity contribution in [3.63, 3.8) is 0 Å². The number of thioether (sulfide) groups is 1. The van der Waals surface area contributed by atoms with Crippen LogP contribution < -0.4 is 5.73 Å². The summed E-state index contributed by atoms with van der Waals surface area (Å²) in [5.41, 5.74) is 8.62. The van der Waals surface area contributed by atoms with Gasteiger partial charge in [-0.15, -0.1) is 0 Å². The Balaban J connectivity index is 2.06. The van der Waals surface area contributed by atoms with Crippen molar-refractivity contribution in [1.82, 2.24) is 9.36 Å². The number of nitrogens with zero attached hydrogens (tertiary/aromatic N) is 3. The van der Waals surface area contributed by atoms with Crippen LogP contribution in [0.2, 0.25) is 0 Å². The highest BCUT2D eigenvalue weighted by atomic mass is 32.2. The van der Waals surface area contributed by atoms with Crippen LogP contribution in [-0.2, 0) is 12.2 Å². The van der Waals surface area contributed by atoms with E-state index in [4.69, 9.17) is 10.9 Å². The van der Waals surface area contributed by atoms with Crippen LogP contribution in [0, 0.1) is 6.92 Å². The molecule has 1 aromatic carbocycles. The number of rotatable bonds is 5. The summed E-state index contributed by atoms with van der Waals surface area (Å²) in [5, 5.41) is 11.7. The maximum atomic E-state index is 8.67. The lowest BCUT2D eigenvalue weighted by atomic mass is 10.1. The van der Waals surface area contributed by atoms with Gasteiger partial charge in [-0.1, -0.05) is 36.0 Å². The zero-order chi connectivity index (χ0) is 14.5. The van der Waals surface area contributed by atoms with Gasteiger partial charge in [0.1, 0.15) is 5.82 Å². The lowest BCUT2D eigenvalue weighted by Gasteiger charge is -2.06. The molecule has 0 atom stereocenters. The normalized spacial score (nSPS) is 11.8. The molecule has 0 radical (unpaired) electrons. The fourth-order valence-corrected chi connectivity index (χ4v) is 3.43. The fraction of sp³-hybridized carbons (Fsp3) is 0.308. The Hall–Kier alpha value is -1.60. The topological polar surface area (TPSA) is 84.4 Å². The zero-order valence-corrected chi connectivity index (χ0v) is 13.0. The minimum Gasteiger partial charge on any atom is -0.409 e. The van der Waals surface area contributed by atoms with Gasteiger partial charge in [0.25, 0.3) is 0 Å². The van der Waals surface area contributed by atoms with E-state index in [1.54, 1.807) is 11.8 Å². The van der Waals surface area contributed by atoms with Crippen molar-refractivity contribution in [3.05, 3.63) is 40.7 Å². The molecule has 0 aliphatic heterocycles. The first-order chi connectivity index (χ1) is 9.63. The standard InChI is InChI=1S/C13H16N4OS2/c1-3-11-15-13(20-17-11)19-7-10-5-4-9(6-8(10)2)12(14)16-18/h4-6,18H,3,7H2,1-2H3,(H2,14,16).